The van der Waals surface area contributed by atoms with Crippen LogP contribution in [0.15, 0.2) is 10.9 Å². The summed E-state index contributed by atoms with van der Waals surface area (Å²) in [6.07, 6.45) is 0. The molecule has 1 atom stereocenters. The van der Waals surface area contributed by atoms with Gasteiger partial charge in [0.1, 0.15) is 0 Å². The van der Waals surface area contributed by atoms with Gasteiger partial charge >= 0.3 is 0 Å². The molecule has 1 unspecified atom stereocenters. The fourth-order valence-corrected chi connectivity index (χ4v) is 1.88. The van der Waals surface area contributed by atoms with Crippen molar-refractivity contribution >= 4 is 22.9 Å². The van der Waals surface area contributed by atoms with Gasteiger partial charge in [-0.2, -0.15) is 0 Å². The van der Waals surface area contributed by atoms with Crippen LogP contribution in [-0.4, -0.2) is 29.4 Å². The van der Waals surface area contributed by atoms with Gasteiger partial charge in [-0.3, -0.25) is 0 Å². The van der Waals surface area contributed by atoms with Gasteiger partial charge in [0.05, 0.1) is 11.2 Å². The summed E-state index contributed by atoms with van der Waals surface area (Å²) in [5.41, 5.74) is 3.02. The lowest BCUT2D eigenvalue weighted by atomic mass is 10.2. The van der Waals surface area contributed by atoms with Gasteiger partial charge in [0.15, 0.2) is 0 Å². The summed E-state index contributed by atoms with van der Waals surface area (Å²) in [5, 5.41) is 2.09. The number of halogens is 1. The van der Waals surface area contributed by atoms with Crippen molar-refractivity contribution in [1.29, 1.82) is 0 Å². The normalized spacial score (nSPS) is 13.5. The molecule has 0 amide bonds. The minimum Gasteiger partial charge on any atom is -0.300 e. The Hall–Kier alpha value is -0.120. The predicted molar refractivity (Wildman–Crippen MR) is 58.3 cm³/mol. The van der Waals surface area contributed by atoms with Crippen LogP contribution in [0.3, 0.4) is 0 Å². The predicted octanol–water partition coefficient (Wildman–Crippen LogP) is 2.45. The van der Waals surface area contributed by atoms with E-state index in [0.717, 1.165) is 24.7 Å². The molecule has 0 radical (unpaired) electrons. The highest BCUT2D eigenvalue weighted by molar-refractivity contribution is 7.07. The molecule has 2 nitrogen and oxygen atoms in total. The Kier molecular flexibility index (Phi) is 4.70. The first-order valence-electron chi connectivity index (χ1n) is 4.34. The van der Waals surface area contributed by atoms with Gasteiger partial charge in [-0.05, 0) is 13.0 Å². The highest BCUT2D eigenvalue weighted by Crippen LogP contribution is 2.06. The zero-order chi connectivity index (χ0) is 9.68. The monoisotopic (exact) mass is 218 g/mol. The first kappa shape index (κ1) is 11.0. The first-order chi connectivity index (χ1) is 6.22. The van der Waals surface area contributed by atoms with Crippen molar-refractivity contribution in [3.05, 3.63) is 16.6 Å². The molecule has 0 bridgehead atoms. The standard InChI is InChI=1S/C9H15ClN2S/c1-8(3-10)4-12(2)5-9-6-13-7-11-9/h6-8H,3-5H2,1-2H3. The highest BCUT2D eigenvalue weighted by Gasteiger charge is 2.06. The van der Waals surface area contributed by atoms with E-state index in [1.54, 1.807) is 11.3 Å². The number of hydrogen-bond donors (Lipinski definition) is 0. The van der Waals surface area contributed by atoms with Crippen molar-refractivity contribution < 1.29 is 0 Å². The third-order valence-corrected chi connectivity index (χ3v) is 2.96. The second kappa shape index (κ2) is 5.58. The van der Waals surface area contributed by atoms with Crippen molar-refractivity contribution in [2.75, 3.05) is 19.5 Å². The number of thiazole rings is 1. The Labute approximate surface area is 88.5 Å². The van der Waals surface area contributed by atoms with Crippen molar-refractivity contribution in [3.63, 3.8) is 0 Å². The molecule has 4 heteroatoms. The lowest BCUT2D eigenvalue weighted by molar-refractivity contribution is 0.287. The third kappa shape index (κ3) is 4.07. The molecule has 74 valence electrons. The molecule has 1 rings (SSSR count). The van der Waals surface area contributed by atoms with E-state index in [0.29, 0.717) is 5.92 Å². The van der Waals surface area contributed by atoms with Gasteiger partial charge < -0.3 is 4.90 Å². The zero-order valence-corrected chi connectivity index (χ0v) is 9.61. The molecule has 0 aliphatic rings. The number of aromatic nitrogens is 1. The van der Waals surface area contributed by atoms with Gasteiger partial charge in [0.2, 0.25) is 0 Å². The molecule has 0 aliphatic heterocycles. The topological polar surface area (TPSA) is 16.1 Å². The first-order valence-corrected chi connectivity index (χ1v) is 5.81. The van der Waals surface area contributed by atoms with Gasteiger partial charge in [0, 0.05) is 24.3 Å². The molecule has 0 spiro atoms. The van der Waals surface area contributed by atoms with Crippen LogP contribution in [0.4, 0.5) is 0 Å². The molecule has 0 aliphatic carbocycles. The fraction of sp³-hybridized carbons (Fsp3) is 0.667. The van der Waals surface area contributed by atoms with Crippen LogP contribution < -0.4 is 0 Å². The number of rotatable bonds is 5. The summed E-state index contributed by atoms with van der Waals surface area (Å²) < 4.78 is 0. The molecule has 0 saturated carbocycles. The van der Waals surface area contributed by atoms with Gasteiger partial charge in [-0.25, -0.2) is 4.98 Å². The second-order valence-corrected chi connectivity index (χ2v) is 4.46. The lowest BCUT2D eigenvalue weighted by Gasteiger charge is -2.18. The van der Waals surface area contributed by atoms with Gasteiger partial charge in [-0.1, -0.05) is 6.92 Å². The summed E-state index contributed by atoms with van der Waals surface area (Å²) >= 11 is 7.38. The van der Waals surface area contributed by atoms with E-state index in [2.05, 4.69) is 29.2 Å². The van der Waals surface area contributed by atoms with E-state index in [4.69, 9.17) is 11.6 Å². The maximum Gasteiger partial charge on any atom is 0.0795 e. The van der Waals surface area contributed by atoms with Crippen LogP contribution in [0.1, 0.15) is 12.6 Å². The molecule has 0 saturated heterocycles. The lowest BCUT2D eigenvalue weighted by Crippen LogP contribution is -2.24. The van der Waals surface area contributed by atoms with E-state index in [1.807, 2.05) is 5.51 Å². The Balaban J connectivity index is 2.29. The number of hydrogen-bond acceptors (Lipinski definition) is 3. The zero-order valence-electron chi connectivity index (χ0n) is 8.03. The maximum absolute atomic E-state index is 5.74. The van der Waals surface area contributed by atoms with Gasteiger partial charge in [0.25, 0.3) is 0 Å². The van der Waals surface area contributed by atoms with Crippen molar-refractivity contribution in [2.45, 2.75) is 13.5 Å². The molecule has 1 heterocycles. The largest absolute Gasteiger partial charge is 0.300 e. The van der Waals surface area contributed by atoms with E-state index in [1.165, 1.54) is 0 Å². The summed E-state index contributed by atoms with van der Waals surface area (Å²) in [6, 6.07) is 0. The Bertz CT molecular complexity index is 226. The van der Waals surface area contributed by atoms with Crippen LogP contribution >= 0.6 is 22.9 Å². The van der Waals surface area contributed by atoms with Crippen molar-refractivity contribution in [2.24, 2.45) is 5.92 Å². The Morgan fingerprint density at radius 2 is 2.46 bits per heavy atom. The number of nitrogens with zero attached hydrogens (tertiary/aromatic N) is 2. The van der Waals surface area contributed by atoms with Crippen LogP contribution in [0.2, 0.25) is 0 Å². The molecule has 1 aromatic heterocycles. The Morgan fingerprint density at radius 1 is 1.69 bits per heavy atom. The van der Waals surface area contributed by atoms with E-state index in [-0.39, 0.29) is 0 Å². The highest BCUT2D eigenvalue weighted by atomic mass is 35.5. The van der Waals surface area contributed by atoms with E-state index in [9.17, 15) is 0 Å². The molecule has 1 aromatic rings. The molecular weight excluding hydrogens is 204 g/mol. The molecule has 0 fully saturated rings. The maximum atomic E-state index is 5.74. The molecule has 0 aromatic carbocycles. The van der Waals surface area contributed by atoms with E-state index < -0.39 is 0 Å². The van der Waals surface area contributed by atoms with Crippen LogP contribution in [0, 0.1) is 5.92 Å². The molecular formula is C9H15ClN2S. The summed E-state index contributed by atoms with van der Waals surface area (Å²) in [5.74, 6) is 1.27. The second-order valence-electron chi connectivity index (χ2n) is 3.44. The molecule has 0 N–H and O–H groups in total. The van der Waals surface area contributed by atoms with Gasteiger partial charge in [-0.15, -0.1) is 22.9 Å². The average Bonchev–Trinajstić information content (AvgIpc) is 2.56. The van der Waals surface area contributed by atoms with Crippen LogP contribution in [-0.2, 0) is 6.54 Å². The summed E-state index contributed by atoms with van der Waals surface area (Å²) in [7, 11) is 2.10. The number of alkyl halides is 1. The van der Waals surface area contributed by atoms with Crippen LogP contribution in [0.25, 0.3) is 0 Å². The summed E-state index contributed by atoms with van der Waals surface area (Å²) in [4.78, 5) is 6.49. The SMILES string of the molecule is CC(CCl)CN(C)Cc1cscn1. The van der Waals surface area contributed by atoms with Crippen molar-refractivity contribution in [3.8, 4) is 0 Å². The molecule has 13 heavy (non-hydrogen) atoms. The van der Waals surface area contributed by atoms with Crippen LogP contribution in [0.5, 0.6) is 0 Å². The van der Waals surface area contributed by atoms with E-state index >= 15 is 0 Å². The third-order valence-electron chi connectivity index (χ3n) is 1.80. The fourth-order valence-electron chi connectivity index (χ4n) is 1.24. The van der Waals surface area contributed by atoms with Crippen molar-refractivity contribution in [1.82, 2.24) is 9.88 Å². The summed E-state index contributed by atoms with van der Waals surface area (Å²) in [6.45, 7) is 4.11. The Morgan fingerprint density at radius 3 is 3.00 bits per heavy atom. The quantitative estimate of drug-likeness (QED) is 0.706. The minimum atomic E-state index is 0.547. The smallest absolute Gasteiger partial charge is 0.0795 e. The average molecular weight is 219 g/mol. The minimum absolute atomic E-state index is 0.547.